The van der Waals surface area contributed by atoms with Crippen molar-refractivity contribution in [3.63, 3.8) is 0 Å². The molecule has 168 valence electrons. The SMILES string of the molecule is CC(F)(F)C(C)(C)C#Cc1cccc2c1CCCN2c1nc2nncn2c2ccc(F)cc12. The number of benzene rings is 2. The van der Waals surface area contributed by atoms with Gasteiger partial charge in [0.1, 0.15) is 18.0 Å². The molecule has 5 nitrogen and oxygen atoms in total. The number of nitrogens with zero attached hydrogens (tertiary/aromatic N) is 5. The summed E-state index contributed by atoms with van der Waals surface area (Å²) in [5.74, 6) is 3.48. The van der Waals surface area contributed by atoms with Gasteiger partial charge in [-0.15, -0.1) is 10.2 Å². The number of fused-ring (bicyclic) bond motifs is 4. The molecule has 33 heavy (non-hydrogen) atoms. The van der Waals surface area contributed by atoms with Gasteiger partial charge in [0.15, 0.2) is 0 Å². The minimum atomic E-state index is -2.93. The molecule has 2 aromatic heterocycles. The highest BCUT2D eigenvalue weighted by Gasteiger charge is 2.40. The van der Waals surface area contributed by atoms with Crippen molar-refractivity contribution in [2.75, 3.05) is 11.4 Å². The van der Waals surface area contributed by atoms with Gasteiger partial charge in [0.05, 0.1) is 10.9 Å². The van der Waals surface area contributed by atoms with Gasteiger partial charge in [-0.05, 0) is 62.6 Å². The molecular weight excluding hydrogens is 427 g/mol. The number of aromatic nitrogens is 4. The van der Waals surface area contributed by atoms with Crippen molar-refractivity contribution < 1.29 is 13.2 Å². The highest BCUT2D eigenvalue weighted by molar-refractivity contribution is 5.94. The Kier molecular flexibility index (Phi) is 4.82. The molecular formula is C25H22F3N5. The molecule has 0 unspecified atom stereocenters. The molecule has 0 saturated carbocycles. The van der Waals surface area contributed by atoms with Crippen molar-refractivity contribution in [1.82, 2.24) is 19.6 Å². The van der Waals surface area contributed by atoms with E-state index in [1.54, 1.807) is 16.8 Å². The smallest absolute Gasteiger partial charge is 0.261 e. The van der Waals surface area contributed by atoms with Gasteiger partial charge >= 0.3 is 0 Å². The fourth-order valence-corrected chi connectivity index (χ4v) is 4.03. The van der Waals surface area contributed by atoms with Crippen molar-refractivity contribution in [1.29, 1.82) is 0 Å². The van der Waals surface area contributed by atoms with E-state index in [0.717, 1.165) is 36.5 Å². The van der Waals surface area contributed by atoms with E-state index in [4.69, 9.17) is 0 Å². The van der Waals surface area contributed by atoms with Crippen LogP contribution in [-0.4, -0.2) is 32.0 Å². The number of rotatable bonds is 2. The van der Waals surface area contributed by atoms with Crippen molar-refractivity contribution in [2.45, 2.75) is 39.5 Å². The molecule has 0 atom stereocenters. The monoisotopic (exact) mass is 449 g/mol. The normalized spacial score (nSPS) is 14.3. The molecule has 4 aromatic rings. The van der Waals surface area contributed by atoms with Crippen LogP contribution in [0.5, 0.6) is 0 Å². The molecule has 0 saturated heterocycles. The van der Waals surface area contributed by atoms with Crippen LogP contribution in [0.4, 0.5) is 24.7 Å². The van der Waals surface area contributed by atoms with Gasteiger partial charge < -0.3 is 4.90 Å². The molecule has 2 aromatic carbocycles. The first kappa shape index (κ1) is 21.3. The molecule has 0 amide bonds. The largest absolute Gasteiger partial charge is 0.325 e. The molecule has 5 rings (SSSR count). The van der Waals surface area contributed by atoms with Crippen LogP contribution in [0.2, 0.25) is 0 Å². The number of hydrogen-bond acceptors (Lipinski definition) is 4. The van der Waals surface area contributed by atoms with E-state index >= 15 is 0 Å². The number of anilines is 2. The van der Waals surface area contributed by atoms with Crippen molar-refractivity contribution >= 4 is 28.2 Å². The maximum Gasteiger partial charge on any atom is 0.261 e. The average Bonchev–Trinajstić information content (AvgIpc) is 3.24. The standard InChI is InChI=1S/C25H22F3N5/c1-24(2,25(3,27)28)12-11-16-6-4-8-20-18(16)7-5-13-32(20)22-19-14-17(26)9-10-21(19)33-15-29-31-23(33)30-22/h4,6,8-10,14-15H,5,7,13H2,1-3H3. The van der Waals surface area contributed by atoms with E-state index in [-0.39, 0.29) is 5.82 Å². The predicted molar refractivity (Wildman–Crippen MR) is 121 cm³/mol. The van der Waals surface area contributed by atoms with Crippen molar-refractivity contribution in [2.24, 2.45) is 5.41 Å². The van der Waals surface area contributed by atoms with Crippen LogP contribution >= 0.6 is 0 Å². The summed E-state index contributed by atoms with van der Waals surface area (Å²) >= 11 is 0. The van der Waals surface area contributed by atoms with E-state index in [1.165, 1.54) is 26.0 Å². The van der Waals surface area contributed by atoms with Crippen LogP contribution in [-0.2, 0) is 6.42 Å². The average molecular weight is 449 g/mol. The second kappa shape index (κ2) is 7.48. The summed E-state index contributed by atoms with van der Waals surface area (Å²) in [6.07, 6.45) is 3.13. The van der Waals surface area contributed by atoms with Crippen molar-refractivity contribution in [3.05, 3.63) is 59.7 Å². The minimum absolute atomic E-state index is 0.363. The second-order valence-corrected chi connectivity index (χ2v) is 8.92. The lowest BCUT2D eigenvalue weighted by molar-refractivity contribution is -0.0585. The lowest BCUT2D eigenvalue weighted by Crippen LogP contribution is -2.31. The summed E-state index contributed by atoms with van der Waals surface area (Å²) in [7, 11) is 0. The molecule has 0 bridgehead atoms. The van der Waals surface area contributed by atoms with Gasteiger partial charge in [-0.3, -0.25) is 4.40 Å². The van der Waals surface area contributed by atoms with Crippen LogP contribution in [0.3, 0.4) is 0 Å². The highest BCUT2D eigenvalue weighted by atomic mass is 19.3. The minimum Gasteiger partial charge on any atom is -0.325 e. The Morgan fingerprint density at radius 1 is 1.09 bits per heavy atom. The Balaban J connectivity index is 1.67. The van der Waals surface area contributed by atoms with E-state index in [1.807, 2.05) is 23.1 Å². The third-order valence-corrected chi connectivity index (χ3v) is 6.31. The topological polar surface area (TPSA) is 46.3 Å². The first-order valence-electron chi connectivity index (χ1n) is 10.8. The first-order chi connectivity index (χ1) is 15.7. The molecule has 0 aliphatic carbocycles. The van der Waals surface area contributed by atoms with E-state index < -0.39 is 11.3 Å². The van der Waals surface area contributed by atoms with Crippen LogP contribution in [0.25, 0.3) is 16.7 Å². The zero-order valence-electron chi connectivity index (χ0n) is 18.5. The maximum atomic E-state index is 14.2. The van der Waals surface area contributed by atoms with Crippen LogP contribution in [0.15, 0.2) is 42.7 Å². The van der Waals surface area contributed by atoms with Gasteiger partial charge in [-0.2, -0.15) is 4.98 Å². The third kappa shape index (κ3) is 3.58. The Labute approximate surface area is 189 Å². The quantitative estimate of drug-likeness (QED) is 0.378. The Morgan fingerprint density at radius 2 is 1.91 bits per heavy atom. The summed E-state index contributed by atoms with van der Waals surface area (Å²) in [5, 5.41) is 8.67. The van der Waals surface area contributed by atoms with E-state index in [2.05, 4.69) is 27.0 Å². The fourth-order valence-electron chi connectivity index (χ4n) is 4.03. The Bertz CT molecular complexity index is 1440. The summed E-state index contributed by atoms with van der Waals surface area (Å²) in [6, 6.07) is 10.2. The zero-order valence-corrected chi connectivity index (χ0v) is 18.5. The first-order valence-corrected chi connectivity index (χ1v) is 10.8. The summed E-state index contributed by atoms with van der Waals surface area (Å²) in [5.41, 5.74) is 1.86. The predicted octanol–water partition coefficient (Wildman–Crippen LogP) is 5.53. The van der Waals surface area contributed by atoms with Crippen LogP contribution in [0.1, 0.15) is 38.3 Å². The number of alkyl halides is 2. The molecule has 1 aliphatic rings. The molecule has 0 fully saturated rings. The summed E-state index contributed by atoms with van der Waals surface area (Å²) in [6.45, 7) is 4.45. The lowest BCUT2D eigenvalue weighted by atomic mass is 9.86. The summed E-state index contributed by atoms with van der Waals surface area (Å²) in [4.78, 5) is 6.72. The highest BCUT2D eigenvalue weighted by Crippen LogP contribution is 2.39. The molecule has 0 radical (unpaired) electrons. The molecule has 3 heterocycles. The van der Waals surface area contributed by atoms with Gasteiger partial charge in [-0.25, -0.2) is 13.2 Å². The van der Waals surface area contributed by atoms with Gasteiger partial charge in [-0.1, -0.05) is 17.9 Å². The zero-order chi connectivity index (χ0) is 23.4. The van der Waals surface area contributed by atoms with Gasteiger partial charge in [0, 0.05) is 30.1 Å². The van der Waals surface area contributed by atoms with Crippen LogP contribution < -0.4 is 4.90 Å². The molecule has 0 spiro atoms. The summed E-state index contributed by atoms with van der Waals surface area (Å²) < 4.78 is 43.8. The number of halogens is 3. The van der Waals surface area contributed by atoms with Crippen LogP contribution in [0, 0.1) is 23.1 Å². The fraction of sp³-hybridized carbons (Fsp3) is 0.320. The van der Waals surface area contributed by atoms with Gasteiger partial charge in [0.2, 0.25) is 0 Å². The number of hydrogen-bond donors (Lipinski definition) is 0. The second-order valence-electron chi connectivity index (χ2n) is 8.92. The van der Waals surface area contributed by atoms with Gasteiger partial charge in [0.25, 0.3) is 11.7 Å². The molecule has 0 N–H and O–H groups in total. The van der Waals surface area contributed by atoms with Crippen molar-refractivity contribution in [3.8, 4) is 11.8 Å². The lowest BCUT2D eigenvalue weighted by Gasteiger charge is -2.32. The van der Waals surface area contributed by atoms with E-state index in [0.29, 0.717) is 29.1 Å². The molecule has 8 heteroatoms. The third-order valence-electron chi connectivity index (χ3n) is 6.31. The molecule has 1 aliphatic heterocycles. The Morgan fingerprint density at radius 3 is 2.70 bits per heavy atom. The van der Waals surface area contributed by atoms with E-state index in [9.17, 15) is 13.2 Å². The maximum absolute atomic E-state index is 14.2. The Hall–Kier alpha value is -3.60.